The highest BCUT2D eigenvalue weighted by Gasteiger charge is 2.38. The maximum absolute atomic E-state index is 14.0. The van der Waals surface area contributed by atoms with Crippen LogP contribution >= 0.6 is 0 Å². The Morgan fingerprint density at radius 2 is 1.56 bits per heavy atom. The normalized spacial score (nSPS) is 13.9. The summed E-state index contributed by atoms with van der Waals surface area (Å²) in [5.41, 5.74) is 1.83. The summed E-state index contributed by atoms with van der Waals surface area (Å²) in [4.78, 5) is 13.9. The number of aliphatic hydroxyl groups excluding tert-OH is 1. The topological polar surface area (TPSA) is 66.0 Å². The van der Waals surface area contributed by atoms with Gasteiger partial charge in [-0.3, -0.25) is 4.79 Å². The molecule has 0 aliphatic rings. The number of ketones is 1. The number of aliphatic hydroxyl groups is 1. The monoisotopic (exact) mass is 530 g/mol. The molecule has 1 heterocycles. The standard InChI is InChI=1S/C32H29F3N2O2/c1-4-28-27(32(33,34)35)18-29(37(28)26-15-8-10-22(16-26)19-36)30(38)21(3)20(2)24-13-9-14-25(17-24)31(39)23-11-6-5-7-12-23/h5-18,20-21,31,39H,4H2,1-3H3. The largest absolute Gasteiger partial charge is 0.418 e. The molecular formula is C32H29F3N2O2. The van der Waals surface area contributed by atoms with Crippen molar-refractivity contribution in [1.82, 2.24) is 4.57 Å². The van der Waals surface area contributed by atoms with E-state index in [1.807, 2.05) is 55.5 Å². The molecule has 0 spiro atoms. The molecule has 0 radical (unpaired) electrons. The van der Waals surface area contributed by atoms with Gasteiger partial charge in [0.15, 0.2) is 5.78 Å². The highest BCUT2D eigenvalue weighted by molar-refractivity contribution is 5.98. The van der Waals surface area contributed by atoms with Crippen molar-refractivity contribution >= 4 is 5.78 Å². The number of rotatable bonds is 8. The molecule has 3 unspecified atom stereocenters. The van der Waals surface area contributed by atoms with Crippen LogP contribution in [-0.4, -0.2) is 15.5 Å². The van der Waals surface area contributed by atoms with Gasteiger partial charge in [0.25, 0.3) is 0 Å². The van der Waals surface area contributed by atoms with E-state index >= 15 is 0 Å². The fraction of sp³-hybridized carbons (Fsp3) is 0.250. The average molecular weight is 531 g/mol. The SMILES string of the molecule is CCc1c(C(F)(F)F)cc(C(=O)C(C)C(C)c2cccc(C(O)c3ccccc3)c2)n1-c1cccc(C#N)c1. The number of Topliss-reactive ketones (excluding diaryl/α,β-unsaturated/α-hetero) is 1. The Kier molecular flexibility index (Phi) is 8.08. The van der Waals surface area contributed by atoms with E-state index in [0.717, 1.165) is 17.2 Å². The van der Waals surface area contributed by atoms with Gasteiger partial charge in [-0.15, -0.1) is 0 Å². The van der Waals surface area contributed by atoms with Crippen LogP contribution in [0.4, 0.5) is 13.2 Å². The quantitative estimate of drug-likeness (QED) is 0.238. The number of hydrogen-bond donors (Lipinski definition) is 1. The van der Waals surface area contributed by atoms with Gasteiger partial charge in [0, 0.05) is 17.3 Å². The van der Waals surface area contributed by atoms with E-state index in [1.54, 1.807) is 44.2 Å². The molecule has 0 fully saturated rings. The predicted molar refractivity (Wildman–Crippen MR) is 144 cm³/mol. The number of carbonyl (C=O) groups excluding carboxylic acids is 1. The highest BCUT2D eigenvalue weighted by atomic mass is 19.4. The molecule has 4 nitrogen and oxygen atoms in total. The second-order valence-corrected chi connectivity index (χ2v) is 9.66. The molecule has 7 heteroatoms. The predicted octanol–water partition coefficient (Wildman–Crippen LogP) is 7.63. The summed E-state index contributed by atoms with van der Waals surface area (Å²) in [6.45, 7) is 5.17. The van der Waals surface area contributed by atoms with Gasteiger partial charge in [-0.05, 0) is 53.3 Å². The zero-order chi connectivity index (χ0) is 28.3. The Morgan fingerprint density at radius 3 is 2.21 bits per heavy atom. The summed E-state index contributed by atoms with van der Waals surface area (Å²) in [6.07, 6.45) is -5.45. The summed E-state index contributed by atoms with van der Waals surface area (Å²) in [7, 11) is 0. The minimum atomic E-state index is -4.64. The molecule has 0 saturated carbocycles. The zero-order valence-corrected chi connectivity index (χ0v) is 21.9. The Balaban J connectivity index is 1.74. The summed E-state index contributed by atoms with van der Waals surface area (Å²) in [5, 5.41) is 20.2. The first kappa shape index (κ1) is 27.9. The summed E-state index contributed by atoms with van der Waals surface area (Å²) >= 11 is 0. The van der Waals surface area contributed by atoms with E-state index in [9.17, 15) is 28.3 Å². The van der Waals surface area contributed by atoms with Crippen LogP contribution in [-0.2, 0) is 12.6 Å². The number of halogens is 3. The van der Waals surface area contributed by atoms with Crippen LogP contribution in [0.5, 0.6) is 0 Å². The molecule has 3 atom stereocenters. The Hall–Kier alpha value is -4.15. The maximum atomic E-state index is 14.0. The zero-order valence-electron chi connectivity index (χ0n) is 21.9. The first-order valence-electron chi connectivity index (χ1n) is 12.8. The number of benzene rings is 3. The van der Waals surface area contributed by atoms with Crippen molar-refractivity contribution in [3.8, 4) is 11.8 Å². The molecule has 3 aromatic carbocycles. The maximum Gasteiger partial charge on any atom is 0.418 e. The van der Waals surface area contributed by atoms with Gasteiger partial charge >= 0.3 is 6.18 Å². The van der Waals surface area contributed by atoms with Crippen molar-refractivity contribution in [1.29, 1.82) is 5.26 Å². The molecule has 1 N–H and O–H groups in total. The second kappa shape index (κ2) is 11.3. The van der Waals surface area contributed by atoms with Gasteiger partial charge in [0.1, 0.15) is 6.10 Å². The summed E-state index contributed by atoms with van der Waals surface area (Å²) in [5.74, 6) is -1.47. The van der Waals surface area contributed by atoms with Crippen LogP contribution in [0.2, 0.25) is 0 Å². The van der Waals surface area contributed by atoms with Crippen LogP contribution in [0.1, 0.15) is 76.8 Å². The van der Waals surface area contributed by atoms with Gasteiger partial charge in [0.05, 0.1) is 22.9 Å². The summed E-state index contributed by atoms with van der Waals surface area (Å²) < 4.78 is 43.5. The van der Waals surface area contributed by atoms with Gasteiger partial charge in [-0.1, -0.05) is 81.4 Å². The molecular weight excluding hydrogens is 501 g/mol. The number of alkyl halides is 3. The highest BCUT2D eigenvalue weighted by Crippen LogP contribution is 2.38. The van der Waals surface area contributed by atoms with Crippen molar-refractivity contribution in [3.63, 3.8) is 0 Å². The fourth-order valence-corrected chi connectivity index (χ4v) is 4.92. The Morgan fingerprint density at radius 1 is 0.923 bits per heavy atom. The molecule has 0 amide bonds. The van der Waals surface area contributed by atoms with E-state index in [4.69, 9.17) is 0 Å². The summed E-state index contributed by atoms with van der Waals surface area (Å²) in [6, 6.07) is 25.7. The fourth-order valence-electron chi connectivity index (χ4n) is 4.92. The van der Waals surface area contributed by atoms with Crippen molar-refractivity contribution in [2.75, 3.05) is 0 Å². The second-order valence-electron chi connectivity index (χ2n) is 9.66. The van der Waals surface area contributed by atoms with E-state index in [0.29, 0.717) is 11.3 Å². The van der Waals surface area contributed by atoms with Gasteiger partial charge in [0.2, 0.25) is 0 Å². The van der Waals surface area contributed by atoms with E-state index in [-0.39, 0.29) is 29.3 Å². The molecule has 0 aliphatic carbocycles. The third-order valence-corrected chi connectivity index (χ3v) is 7.26. The van der Waals surface area contributed by atoms with Crippen LogP contribution in [0.25, 0.3) is 5.69 Å². The molecule has 200 valence electrons. The van der Waals surface area contributed by atoms with Gasteiger partial charge in [-0.25, -0.2) is 0 Å². The van der Waals surface area contributed by atoms with Crippen LogP contribution in [0.15, 0.2) is 84.9 Å². The third kappa shape index (κ3) is 5.67. The van der Waals surface area contributed by atoms with Crippen molar-refractivity contribution in [3.05, 3.63) is 124 Å². The number of hydrogen-bond acceptors (Lipinski definition) is 3. The van der Waals surface area contributed by atoms with Gasteiger partial charge in [-0.2, -0.15) is 18.4 Å². The number of aromatic nitrogens is 1. The van der Waals surface area contributed by atoms with Crippen molar-refractivity contribution in [2.24, 2.45) is 5.92 Å². The van der Waals surface area contributed by atoms with Gasteiger partial charge < -0.3 is 9.67 Å². The number of nitrogens with zero attached hydrogens (tertiary/aromatic N) is 2. The molecule has 4 aromatic rings. The molecule has 0 aliphatic heterocycles. The van der Waals surface area contributed by atoms with Crippen LogP contribution < -0.4 is 0 Å². The molecule has 1 aromatic heterocycles. The molecule has 4 rings (SSSR count). The number of carbonyl (C=O) groups is 1. The average Bonchev–Trinajstić information content (AvgIpc) is 3.36. The van der Waals surface area contributed by atoms with E-state index < -0.39 is 29.5 Å². The lowest BCUT2D eigenvalue weighted by molar-refractivity contribution is -0.138. The van der Waals surface area contributed by atoms with Crippen LogP contribution in [0.3, 0.4) is 0 Å². The first-order chi connectivity index (χ1) is 18.6. The smallest absolute Gasteiger partial charge is 0.384 e. The lowest BCUT2D eigenvalue weighted by Gasteiger charge is -2.22. The van der Waals surface area contributed by atoms with E-state index in [2.05, 4.69) is 0 Å². The molecule has 0 saturated heterocycles. The van der Waals surface area contributed by atoms with E-state index in [1.165, 1.54) is 10.6 Å². The lowest BCUT2D eigenvalue weighted by Crippen LogP contribution is -2.21. The Labute approximate surface area is 226 Å². The minimum Gasteiger partial charge on any atom is -0.384 e. The van der Waals surface area contributed by atoms with Crippen LogP contribution in [0, 0.1) is 17.2 Å². The third-order valence-electron chi connectivity index (χ3n) is 7.26. The van der Waals surface area contributed by atoms with Crippen molar-refractivity contribution in [2.45, 2.75) is 45.4 Å². The number of nitriles is 1. The minimum absolute atomic E-state index is 0.0335. The Bertz CT molecular complexity index is 1520. The molecule has 0 bridgehead atoms. The molecule has 39 heavy (non-hydrogen) atoms. The van der Waals surface area contributed by atoms with Crippen molar-refractivity contribution < 1.29 is 23.1 Å². The lowest BCUT2D eigenvalue weighted by atomic mass is 9.84. The first-order valence-corrected chi connectivity index (χ1v) is 12.8.